The first-order valence-corrected chi connectivity index (χ1v) is 12.2. The maximum absolute atomic E-state index is 6.26. The molecule has 1 heterocycles. The quantitative estimate of drug-likeness (QED) is 0.254. The Morgan fingerprint density at radius 3 is 2.36 bits per heavy atom. The number of nitrogens with zero attached hydrogens (tertiary/aromatic N) is 3. The molecule has 0 aliphatic rings. The van der Waals surface area contributed by atoms with Crippen molar-refractivity contribution in [2.45, 2.75) is 39.7 Å². The minimum Gasteiger partial charge on any atom is -0.493 e. The van der Waals surface area contributed by atoms with E-state index in [0.29, 0.717) is 22.3 Å². The molecular formula is C27H37Cl3N4O2. The third-order valence-electron chi connectivity index (χ3n) is 5.90. The zero-order valence-electron chi connectivity index (χ0n) is 21.6. The van der Waals surface area contributed by atoms with Gasteiger partial charge in [0.2, 0.25) is 0 Å². The van der Waals surface area contributed by atoms with Gasteiger partial charge in [0.15, 0.2) is 17.3 Å². The van der Waals surface area contributed by atoms with Crippen molar-refractivity contribution in [3.8, 4) is 11.5 Å². The van der Waals surface area contributed by atoms with Crippen LogP contribution < -0.4 is 14.8 Å². The van der Waals surface area contributed by atoms with Gasteiger partial charge >= 0.3 is 0 Å². The van der Waals surface area contributed by atoms with Crippen LogP contribution in [0.1, 0.15) is 45.0 Å². The molecular weight excluding hydrogens is 519 g/mol. The highest BCUT2D eigenvalue weighted by Crippen LogP contribution is 2.29. The van der Waals surface area contributed by atoms with Crippen molar-refractivity contribution in [1.82, 2.24) is 14.9 Å². The van der Waals surface area contributed by atoms with E-state index in [0.717, 1.165) is 54.8 Å². The second kappa shape index (κ2) is 15.8. The number of nitrogens with one attached hydrogen (secondary N) is 1. The highest BCUT2D eigenvalue weighted by molar-refractivity contribution is 6.31. The molecule has 1 aromatic heterocycles. The topological polar surface area (TPSA) is 59.5 Å². The third-order valence-corrected chi connectivity index (χ3v) is 6.13. The van der Waals surface area contributed by atoms with Crippen molar-refractivity contribution < 1.29 is 9.47 Å². The highest BCUT2D eigenvalue weighted by Gasteiger charge is 2.11. The molecule has 2 aromatic carbocycles. The molecule has 0 bridgehead atoms. The average molecular weight is 556 g/mol. The van der Waals surface area contributed by atoms with E-state index in [1.54, 1.807) is 14.2 Å². The molecule has 0 aliphatic carbocycles. The Morgan fingerprint density at radius 2 is 1.69 bits per heavy atom. The number of anilines is 1. The molecule has 0 fully saturated rings. The number of methoxy groups -OCH3 is 2. The van der Waals surface area contributed by atoms with Gasteiger partial charge in [-0.15, -0.1) is 24.8 Å². The summed E-state index contributed by atoms with van der Waals surface area (Å²) < 4.78 is 10.7. The monoisotopic (exact) mass is 554 g/mol. The van der Waals surface area contributed by atoms with Crippen molar-refractivity contribution in [3.63, 3.8) is 0 Å². The van der Waals surface area contributed by atoms with Crippen molar-refractivity contribution in [3.05, 3.63) is 52.8 Å². The van der Waals surface area contributed by atoms with Gasteiger partial charge in [-0.3, -0.25) is 0 Å². The Balaban J connectivity index is 0.00000324. The molecule has 0 amide bonds. The lowest BCUT2D eigenvalue weighted by molar-refractivity contribution is 0.295. The Hall–Kier alpha value is -2.25. The van der Waals surface area contributed by atoms with Gasteiger partial charge in [-0.2, -0.15) is 0 Å². The zero-order chi connectivity index (χ0) is 24.5. The number of hydrogen-bond donors (Lipinski definition) is 1. The fourth-order valence-electron chi connectivity index (χ4n) is 3.90. The number of halogens is 3. The lowest BCUT2D eigenvalue weighted by Gasteiger charge is -2.20. The molecule has 1 unspecified atom stereocenters. The summed E-state index contributed by atoms with van der Waals surface area (Å²) in [4.78, 5) is 12.0. The van der Waals surface area contributed by atoms with Crippen LogP contribution in [0.4, 0.5) is 5.82 Å². The van der Waals surface area contributed by atoms with E-state index in [1.807, 2.05) is 48.6 Å². The van der Waals surface area contributed by atoms with Gasteiger partial charge in [0.05, 0.1) is 19.7 Å². The SMILES string of the molecule is CCN(CC)CCCC(C)Nc1nc(/C=C/c2ccc(OC)c(OC)c2)nc2cc(Cl)ccc12.Cl.Cl. The normalized spacial score (nSPS) is 11.8. The first kappa shape index (κ1) is 31.8. The average Bonchev–Trinajstić information content (AvgIpc) is 2.84. The van der Waals surface area contributed by atoms with Crippen molar-refractivity contribution in [2.75, 3.05) is 39.2 Å². The summed E-state index contributed by atoms with van der Waals surface area (Å²) in [6, 6.07) is 11.8. The lowest BCUT2D eigenvalue weighted by Crippen LogP contribution is -2.25. The van der Waals surface area contributed by atoms with Crippen LogP contribution in [-0.4, -0.2) is 54.8 Å². The molecule has 0 saturated heterocycles. The Labute approximate surface area is 232 Å². The van der Waals surface area contributed by atoms with Gasteiger partial charge in [-0.05, 0) is 81.4 Å². The van der Waals surface area contributed by atoms with E-state index < -0.39 is 0 Å². The number of aromatic nitrogens is 2. The molecule has 3 aromatic rings. The summed E-state index contributed by atoms with van der Waals surface area (Å²) in [6.45, 7) is 9.90. The molecule has 9 heteroatoms. The summed E-state index contributed by atoms with van der Waals surface area (Å²) in [7, 11) is 3.25. The number of hydrogen-bond acceptors (Lipinski definition) is 6. The second-order valence-electron chi connectivity index (χ2n) is 8.25. The first-order valence-electron chi connectivity index (χ1n) is 11.8. The van der Waals surface area contributed by atoms with E-state index in [1.165, 1.54) is 0 Å². The van der Waals surface area contributed by atoms with Crippen LogP contribution in [0.15, 0.2) is 36.4 Å². The predicted octanol–water partition coefficient (Wildman–Crippen LogP) is 7.24. The van der Waals surface area contributed by atoms with Crippen LogP contribution in [0.2, 0.25) is 5.02 Å². The van der Waals surface area contributed by atoms with Crippen LogP contribution in [0.3, 0.4) is 0 Å². The maximum atomic E-state index is 6.26. The van der Waals surface area contributed by atoms with Crippen molar-refractivity contribution in [1.29, 1.82) is 0 Å². The summed E-state index contributed by atoms with van der Waals surface area (Å²) in [5.74, 6) is 2.81. The molecule has 1 N–H and O–H groups in total. The van der Waals surface area contributed by atoms with Crippen LogP contribution in [0.25, 0.3) is 23.1 Å². The summed E-state index contributed by atoms with van der Waals surface area (Å²) in [5, 5.41) is 5.22. The first-order chi connectivity index (χ1) is 16.5. The van der Waals surface area contributed by atoms with Gasteiger partial charge in [-0.25, -0.2) is 9.97 Å². The molecule has 36 heavy (non-hydrogen) atoms. The van der Waals surface area contributed by atoms with E-state index in [4.69, 9.17) is 31.0 Å². The molecule has 1 atom stereocenters. The van der Waals surface area contributed by atoms with Crippen LogP contribution in [0.5, 0.6) is 11.5 Å². The van der Waals surface area contributed by atoms with E-state index in [9.17, 15) is 0 Å². The number of ether oxygens (including phenoxy) is 2. The van der Waals surface area contributed by atoms with Gasteiger partial charge in [0.1, 0.15) is 5.82 Å². The molecule has 0 spiro atoms. The molecule has 0 aliphatic heterocycles. The Bertz CT molecular complexity index is 1120. The fraction of sp³-hybridized carbons (Fsp3) is 0.407. The van der Waals surface area contributed by atoms with Crippen LogP contribution in [0, 0.1) is 0 Å². The van der Waals surface area contributed by atoms with Gasteiger partial charge < -0.3 is 19.7 Å². The van der Waals surface area contributed by atoms with E-state index in [2.05, 4.69) is 31.0 Å². The standard InChI is InChI=1S/C27H35ClN4O2.2ClH/c1-6-32(7-2)16-8-9-19(3)29-27-22-13-12-21(28)18-23(22)30-26(31-27)15-11-20-10-14-24(33-4)25(17-20)34-5;;/h10-15,17-19H,6-9,16H2,1-5H3,(H,29,30,31);2*1H/b15-11+;;. The number of fused-ring (bicyclic) bond motifs is 1. The van der Waals surface area contributed by atoms with Crippen molar-refractivity contribution in [2.24, 2.45) is 0 Å². The van der Waals surface area contributed by atoms with Gasteiger partial charge in [-0.1, -0.05) is 37.6 Å². The third kappa shape index (κ3) is 8.70. The molecule has 0 saturated carbocycles. The minimum absolute atomic E-state index is 0. The lowest BCUT2D eigenvalue weighted by atomic mass is 10.1. The van der Waals surface area contributed by atoms with Crippen LogP contribution >= 0.6 is 36.4 Å². The molecule has 0 radical (unpaired) electrons. The second-order valence-corrected chi connectivity index (χ2v) is 8.69. The smallest absolute Gasteiger partial charge is 0.161 e. The van der Waals surface area contributed by atoms with Gasteiger partial charge in [0.25, 0.3) is 0 Å². The largest absolute Gasteiger partial charge is 0.493 e. The highest BCUT2D eigenvalue weighted by atomic mass is 35.5. The summed E-state index contributed by atoms with van der Waals surface area (Å²) in [5.41, 5.74) is 1.78. The van der Waals surface area contributed by atoms with Crippen LogP contribution in [-0.2, 0) is 0 Å². The molecule has 3 rings (SSSR count). The maximum Gasteiger partial charge on any atom is 0.161 e. The number of rotatable bonds is 12. The Kier molecular flexibility index (Phi) is 13.9. The molecule has 198 valence electrons. The number of benzene rings is 2. The van der Waals surface area contributed by atoms with E-state index in [-0.39, 0.29) is 30.9 Å². The van der Waals surface area contributed by atoms with Crippen molar-refractivity contribution >= 4 is 65.3 Å². The fourth-order valence-corrected chi connectivity index (χ4v) is 4.07. The minimum atomic E-state index is 0. The zero-order valence-corrected chi connectivity index (χ0v) is 24.0. The van der Waals surface area contributed by atoms with Gasteiger partial charge in [0, 0.05) is 16.5 Å². The van der Waals surface area contributed by atoms with E-state index >= 15 is 0 Å². The predicted molar refractivity (Wildman–Crippen MR) is 158 cm³/mol. The summed E-state index contributed by atoms with van der Waals surface area (Å²) >= 11 is 6.26. The Morgan fingerprint density at radius 1 is 0.972 bits per heavy atom. The summed E-state index contributed by atoms with van der Waals surface area (Å²) in [6.07, 6.45) is 6.06. The molecule has 6 nitrogen and oxygen atoms in total.